The highest BCUT2D eigenvalue weighted by Gasteiger charge is 2.36. The van der Waals surface area contributed by atoms with E-state index in [1.54, 1.807) is 47.7 Å². The van der Waals surface area contributed by atoms with Gasteiger partial charge in [0.15, 0.2) is 11.5 Å². The average molecular weight is 491 g/mol. The Balaban J connectivity index is 1.37. The number of amides is 1. The van der Waals surface area contributed by atoms with Gasteiger partial charge in [0.25, 0.3) is 5.91 Å². The molecule has 3 aromatic rings. The first kappa shape index (κ1) is 23.4. The lowest BCUT2D eigenvalue weighted by molar-refractivity contribution is 0.0729. The third-order valence-corrected chi connectivity index (χ3v) is 8.19. The van der Waals surface area contributed by atoms with Crippen LogP contribution in [0.3, 0.4) is 0 Å². The van der Waals surface area contributed by atoms with Crippen LogP contribution >= 0.6 is 11.3 Å². The van der Waals surface area contributed by atoms with Crippen molar-refractivity contribution in [3.8, 4) is 11.5 Å². The van der Waals surface area contributed by atoms with Gasteiger partial charge in [-0.25, -0.2) is 4.79 Å². The van der Waals surface area contributed by atoms with Gasteiger partial charge in [0.05, 0.1) is 18.2 Å². The van der Waals surface area contributed by atoms with Crippen LogP contribution in [0.1, 0.15) is 70.1 Å². The van der Waals surface area contributed by atoms with Gasteiger partial charge < -0.3 is 20.1 Å². The topological polar surface area (TPSA) is 76.7 Å². The molecule has 0 saturated carbocycles. The molecule has 2 N–H and O–H groups in total. The minimum Gasteiger partial charge on any atom is -0.493 e. The number of anilines is 1. The molecule has 0 fully saturated rings. The number of carbonyl (C=O) groups is 2. The molecule has 6 nitrogen and oxygen atoms in total. The molecule has 0 saturated heterocycles. The molecule has 35 heavy (non-hydrogen) atoms. The molecule has 182 valence electrons. The van der Waals surface area contributed by atoms with Crippen LogP contribution in [-0.4, -0.2) is 19.0 Å². The Morgan fingerprint density at radius 1 is 1.06 bits per heavy atom. The van der Waals surface area contributed by atoms with Gasteiger partial charge in [-0.2, -0.15) is 0 Å². The van der Waals surface area contributed by atoms with Crippen LogP contribution in [0.2, 0.25) is 0 Å². The largest absolute Gasteiger partial charge is 0.493 e. The van der Waals surface area contributed by atoms with Crippen LogP contribution in [0.4, 0.5) is 5.00 Å². The molecule has 2 aromatic carbocycles. The van der Waals surface area contributed by atoms with Gasteiger partial charge >= 0.3 is 5.97 Å². The van der Waals surface area contributed by atoms with Crippen LogP contribution < -0.4 is 20.1 Å². The minimum atomic E-state index is -0.455. The normalized spacial score (nSPS) is 19.1. The minimum absolute atomic E-state index is 0.0472. The molecule has 1 amide bonds. The molecule has 1 aliphatic heterocycles. The van der Waals surface area contributed by atoms with Crippen LogP contribution in [0, 0.1) is 11.3 Å². The Labute approximate surface area is 209 Å². The molecule has 2 aliphatic rings. The summed E-state index contributed by atoms with van der Waals surface area (Å²) in [5.74, 6) is 0.862. The molecule has 0 unspecified atom stereocenters. The summed E-state index contributed by atoms with van der Waals surface area (Å²) in [5, 5.41) is 7.54. The fourth-order valence-electron chi connectivity index (χ4n) is 4.89. The first-order chi connectivity index (χ1) is 16.7. The van der Waals surface area contributed by atoms with E-state index in [0.717, 1.165) is 35.4 Å². The Bertz CT molecular complexity index is 1280. The Morgan fingerprint density at radius 3 is 2.54 bits per heavy atom. The highest BCUT2D eigenvalue weighted by molar-refractivity contribution is 7.16. The van der Waals surface area contributed by atoms with E-state index in [2.05, 4.69) is 31.4 Å². The number of nitrogens with one attached hydrogen (secondary N) is 2. The molecule has 2 heterocycles. The number of esters is 1. The maximum absolute atomic E-state index is 13.2. The zero-order valence-corrected chi connectivity index (χ0v) is 21.3. The number of ether oxygens (including phenoxy) is 2. The third kappa shape index (κ3) is 4.52. The lowest BCUT2D eigenvalue weighted by Crippen LogP contribution is -2.38. The summed E-state index contributed by atoms with van der Waals surface area (Å²) in [6.07, 6.45) is 2.67. The molecular formula is C28H30N2O4S. The fraction of sp³-hybridized carbons (Fsp3) is 0.357. The molecule has 7 heteroatoms. The number of thiophene rings is 1. The number of fused-ring (bicyclic) bond motifs is 3. The summed E-state index contributed by atoms with van der Waals surface area (Å²) in [6.45, 7) is 6.89. The number of rotatable bonds is 4. The molecule has 0 bridgehead atoms. The predicted octanol–water partition coefficient (Wildman–Crippen LogP) is 5.98. The van der Waals surface area contributed by atoms with E-state index in [9.17, 15) is 9.59 Å². The highest BCUT2D eigenvalue weighted by Crippen LogP contribution is 2.46. The first-order valence-corrected chi connectivity index (χ1v) is 12.7. The number of carbonyl (C=O) groups excluding carboxylic acids is 2. The van der Waals surface area contributed by atoms with Gasteiger partial charge in [-0.3, -0.25) is 4.79 Å². The van der Waals surface area contributed by atoms with Gasteiger partial charge in [-0.1, -0.05) is 45.0 Å². The van der Waals surface area contributed by atoms with E-state index in [1.165, 1.54) is 17.6 Å². The first-order valence-electron chi connectivity index (χ1n) is 11.9. The Kier molecular flexibility index (Phi) is 6.05. The van der Waals surface area contributed by atoms with Gasteiger partial charge in [0, 0.05) is 4.88 Å². The average Bonchev–Trinajstić information content (AvgIpc) is 3.22. The zero-order valence-electron chi connectivity index (χ0n) is 20.4. The van der Waals surface area contributed by atoms with Crippen molar-refractivity contribution in [2.45, 2.75) is 46.2 Å². The fourth-order valence-corrected chi connectivity index (χ4v) is 6.24. The summed E-state index contributed by atoms with van der Waals surface area (Å²) in [5.41, 5.74) is 3.54. The summed E-state index contributed by atoms with van der Waals surface area (Å²) in [7, 11) is 1.53. The van der Waals surface area contributed by atoms with Gasteiger partial charge in [-0.05, 0) is 66.0 Å². The zero-order chi connectivity index (χ0) is 24.7. The maximum Gasteiger partial charge on any atom is 0.343 e. The number of hydrogen-bond donors (Lipinski definition) is 2. The van der Waals surface area contributed by atoms with Crippen molar-refractivity contribution < 1.29 is 19.1 Å². The molecule has 1 aromatic heterocycles. The van der Waals surface area contributed by atoms with Crippen molar-refractivity contribution >= 4 is 28.2 Å². The predicted molar refractivity (Wildman–Crippen MR) is 138 cm³/mol. The van der Waals surface area contributed by atoms with Gasteiger partial charge in [0.2, 0.25) is 0 Å². The summed E-state index contributed by atoms with van der Waals surface area (Å²) < 4.78 is 11.1. The van der Waals surface area contributed by atoms with E-state index in [0.29, 0.717) is 23.0 Å². The number of methoxy groups -OCH3 is 1. The van der Waals surface area contributed by atoms with E-state index < -0.39 is 12.1 Å². The third-order valence-electron chi connectivity index (χ3n) is 7.00. The van der Waals surface area contributed by atoms with Crippen molar-refractivity contribution in [3.05, 3.63) is 75.7 Å². The second-order valence-corrected chi connectivity index (χ2v) is 11.3. The lowest BCUT2D eigenvalue weighted by Gasteiger charge is -2.34. The van der Waals surface area contributed by atoms with Crippen LogP contribution in [0.15, 0.2) is 48.5 Å². The van der Waals surface area contributed by atoms with Crippen molar-refractivity contribution in [1.29, 1.82) is 0 Å². The van der Waals surface area contributed by atoms with Crippen molar-refractivity contribution in [3.63, 3.8) is 0 Å². The van der Waals surface area contributed by atoms with Gasteiger partial charge in [0.1, 0.15) is 11.2 Å². The molecule has 1 aliphatic carbocycles. The Morgan fingerprint density at radius 2 is 1.83 bits per heavy atom. The van der Waals surface area contributed by atoms with Crippen LogP contribution in [0.25, 0.3) is 0 Å². The summed E-state index contributed by atoms with van der Waals surface area (Å²) >= 11 is 1.71. The molecule has 5 rings (SSSR count). The van der Waals surface area contributed by atoms with Crippen LogP contribution in [0.5, 0.6) is 11.5 Å². The smallest absolute Gasteiger partial charge is 0.343 e. The van der Waals surface area contributed by atoms with Crippen molar-refractivity contribution in [2.75, 3.05) is 12.4 Å². The number of benzene rings is 2. The van der Waals surface area contributed by atoms with E-state index in [-0.39, 0.29) is 11.3 Å². The summed E-state index contributed by atoms with van der Waals surface area (Å²) in [6, 6.07) is 14.1. The van der Waals surface area contributed by atoms with Crippen LogP contribution in [-0.2, 0) is 12.8 Å². The van der Waals surface area contributed by atoms with E-state index in [1.807, 2.05) is 12.1 Å². The molecule has 0 spiro atoms. The Hall–Kier alpha value is -3.32. The maximum atomic E-state index is 13.2. The monoisotopic (exact) mass is 490 g/mol. The molecular weight excluding hydrogens is 460 g/mol. The summed E-state index contributed by atoms with van der Waals surface area (Å²) in [4.78, 5) is 27.0. The molecule has 2 atom stereocenters. The quantitative estimate of drug-likeness (QED) is 0.347. The van der Waals surface area contributed by atoms with Crippen molar-refractivity contribution in [2.24, 2.45) is 11.3 Å². The number of hydrogen-bond acceptors (Lipinski definition) is 6. The second-order valence-electron chi connectivity index (χ2n) is 10.2. The molecule has 0 radical (unpaired) electrons. The standard InChI is InChI=1S/C28H30N2O4S/c1-28(2,3)18-11-12-19-22(15-18)35-26-23(19)25(31)29-24(30-26)17-10-13-20(21(14-17)33-4)34-27(32)16-8-6-5-7-9-16/h5-10,13-14,18,24,30H,11-12,15H2,1-4H3,(H,29,31)/t18-,24-/m1/s1. The van der Waals surface area contributed by atoms with E-state index in [4.69, 9.17) is 9.47 Å². The lowest BCUT2D eigenvalue weighted by atomic mass is 9.72. The SMILES string of the molecule is COc1cc([C@@H]2NC(=O)c3c(sc4c3CC[C@@H](C(C)(C)C)C4)N2)ccc1OC(=O)c1ccccc1. The van der Waals surface area contributed by atoms with E-state index >= 15 is 0 Å². The second kappa shape index (κ2) is 9.04. The highest BCUT2D eigenvalue weighted by atomic mass is 32.1. The van der Waals surface area contributed by atoms with Crippen molar-refractivity contribution in [1.82, 2.24) is 5.32 Å². The van der Waals surface area contributed by atoms with Gasteiger partial charge in [-0.15, -0.1) is 11.3 Å².